The molecule has 0 bridgehead atoms. The maximum atomic E-state index is 13.3. The minimum atomic E-state index is 0.427. The summed E-state index contributed by atoms with van der Waals surface area (Å²) in [5.74, 6) is 7.48. The monoisotopic (exact) mass is 414 g/mol. The van der Waals surface area contributed by atoms with Crippen molar-refractivity contribution in [2.24, 2.45) is 47.3 Å². The first-order chi connectivity index (χ1) is 14.7. The summed E-state index contributed by atoms with van der Waals surface area (Å²) >= 11 is 0. The predicted molar refractivity (Wildman–Crippen MR) is 127 cm³/mol. The first kappa shape index (κ1) is 22.8. The zero-order chi connectivity index (χ0) is 20.9. The van der Waals surface area contributed by atoms with E-state index in [2.05, 4.69) is 13.8 Å². The first-order valence-corrected chi connectivity index (χ1v) is 14.2. The Bertz CT molecular complexity index is 476. The highest BCUT2D eigenvalue weighted by Crippen LogP contribution is 2.47. The Hall–Kier alpha value is -0.330. The van der Waals surface area contributed by atoms with E-state index in [0.29, 0.717) is 17.6 Å². The van der Waals surface area contributed by atoms with Crippen molar-refractivity contribution in [3.63, 3.8) is 0 Å². The summed E-state index contributed by atoms with van der Waals surface area (Å²) in [5, 5.41) is 0. The van der Waals surface area contributed by atoms with Crippen LogP contribution in [0, 0.1) is 47.3 Å². The molecular formula is C29H50O. The number of Topliss-reactive ketones (excluding diaryl/α,β-unsaturated/α-hetero) is 1. The molecule has 4 aliphatic rings. The quantitative estimate of drug-likeness (QED) is 0.388. The van der Waals surface area contributed by atoms with Gasteiger partial charge in [0, 0.05) is 11.8 Å². The second kappa shape index (κ2) is 11.0. The van der Waals surface area contributed by atoms with E-state index in [0.717, 1.165) is 35.5 Å². The van der Waals surface area contributed by atoms with Crippen LogP contribution in [0.3, 0.4) is 0 Å². The molecule has 4 saturated carbocycles. The molecule has 0 radical (unpaired) electrons. The molecule has 0 heterocycles. The second-order valence-corrected chi connectivity index (χ2v) is 12.1. The van der Waals surface area contributed by atoms with Gasteiger partial charge >= 0.3 is 0 Å². The Morgan fingerprint density at radius 2 is 0.900 bits per heavy atom. The summed E-state index contributed by atoms with van der Waals surface area (Å²) in [6.07, 6.45) is 24.9. The standard InChI is InChI=1S/C29H50O/c1-3-5-21-7-9-27(19-21)23-11-15-25(16-12-23)29(30)26-17-13-24(14-18-26)28-10-8-22(20-28)6-4-2/h21-28H,3-20H2,1-2H3. The van der Waals surface area contributed by atoms with E-state index in [4.69, 9.17) is 0 Å². The topological polar surface area (TPSA) is 17.1 Å². The van der Waals surface area contributed by atoms with Crippen molar-refractivity contribution in [1.29, 1.82) is 0 Å². The van der Waals surface area contributed by atoms with Crippen LogP contribution < -0.4 is 0 Å². The zero-order valence-corrected chi connectivity index (χ0v) is 20.3. The number of rotatable bonds is 8. The van der Waals surface area contributed by atoms with Crippen molar-refractivity contribution in [2.75, 3.05) is 0 Å². The summed E-state index contributed by atoms with van der Waals surface area (Å²) in [6.45, 7) is 4.68. The van der Waals surface area contributed by atoms with E-state index in [1.807, 2.05) is 0 Å². The SMILES string of the molecule is CCCC1CCC(C2CCC(C(=O)C3CCC(C4CCC(CCC)C4)CC3)CC2)C1. The van der Waals surface area contributed by atoms with Gasteiger partial charge in [-0.05, 0) is 113 Å². The van der Waals surface area contributed by atoms with Crippen molar-refractivity contribution < 1.29 is 4.79 Å². The molecule has 0 spiro atoms. The van der Waals surface area contributed by atoms with Crippen LogP contribution in [0.5, 0.6) is 0 Å². The maximum Gasteiger partial charge on any atom is 0.139 e. The average molecular weight is 415 g/mol. The summed E-state index contributed by atoms with van der Waals surface area (Å²) in [5.41, 5.74) is 0. The molecule has 0 aromatic rings. The summed E-state index contributed by atoms with van der Waals surface area (Å²) in [4.78, 5) is 13.3. The minimum absolute atomic E-state index is 0.427. The third kappa shape index (κ3) is 5.53. The first-order valence-electron chi connectivity index (χ1n) is 14.2. The molecule has 0 saturated heterocycles. The molecule has 1 heteroatoms. The highest BCUT2D eigenvalue weighted by atomic mass is 16.1. The van der Waals surface area contributed by atoms with Gasteiger partial charge in [0.1, 0.15) is 5.78 Å². The van der Waals surface area contributed by atoms with Gasteiger partial charge in [0.2, 0.25) is 0 Å². The molecule has 4 unspecified atom stereocenters. The number of carbonyl (C=O) groups is 1. The average Bonchev–Trinajstić information content (AvgIpc) is 3.44. The summed E-state index contributed by atoms with van der Waals surface area (Å²) < 4.78 is 0. The predicted octanol–water partition coefficient (Wildman–Crippen LogP) is 8.60. The fraction of sp³-hybridized carbons (Fsp3) is 0.966. The highest BCUT2D eigenvalue weighted by Gasteiger charge is 2.38. The van der Waals surface area contributed by atoms with Crippen LogP contribution in [-0.2, 0) is 4.79 Å². The molecule has 4 fully saturated rings. The van der Waals surface area contributed by atoms with Crippen molar-refractivity contribution in [2.45, 2.75) is 129 Å². The smallest absolute Gasteiger partial charge is 0.139 e. The van der Waals surface area contributed by atoms with Gasteiger partial charge in [-0.2, -0.15) is 0 Å². The van der Waals surface area contributed by atoms with Gasteiger partial charge in [-0.15, -0.1) is 0 Å². The lowest BCUT2D eigenvalue weighted by molar-refractivity contribution is -0.129. The Morgan fingerprint density at radius 3 is 1.27 bits per heavy atom. The molecule has 0 aromatic heterocycles. The van der Waals surface area contributed by atoms with Gasteiger partial charge in [0.05, 0.1) is 0 Å². The Kier molecular flexibility index (Phi) is 8.38. The van der Waals surface area contributed by atoms with E-state index in [1.54, 1.807) is 0 Å². The molecule has 4 atom stereocenters. The number of ketones is 1. The van der Waals surface area contributed by atoms with E-state index in [-0.39, 0.29) is 0 Å². The maximum absolute atomic E-state index is 13.3. The zero-order valence-electron chi connectivity index (χ0n) is 20.3. The van der Waals surface area contributed by atoms with E-state index < -0.39 is 0 Å². The van der Waals surface area contributed by atoms with Crippen LogP contribution >= 0.6 is 0 Å². The molecule has 0 aliphatic heterocycles. The van der Waals surface area contributed by atoms with Crippen LogP contribution in [0.1, 0.15) is 129 Å². The largest absolute Gasteiger partial charge is 0.299 e. The van der Waals surface area contributed by atoms with E-state index >= 15 is 0 Å². The van der Waals surface area contributed by atoms with Crippen LogP contribution in [-0.4, -0.2) is 5.78 Å². The molecule has 1 nitrogen and oxygen atoms in total. The van der Waals surface area contributed by atoms with Gasteiger partial charge in [0.15, 0.2) is 0 Å². The van der Waals surface area contributed by atoms with Crippen molar-refractivity contribution in [3.05, 3.63) is 0 Å². The van der Waals surface area contributed by atoms with Crippen LogP contribution in [0.2, 0.25) is 0 Å². The number of carbonyl (C=O) groups excluding carboxylic acids is 1. The van der Waals surface area contributed by atoms with E-state index in [1.165, 1.54) is 116 Å². The molecule has 172 valence electrons. The van der Waals surface area contributed by atoms with Crippen LogP contribution in [0.15, 0.2) is 0 Å². The summed E-state index contributed by atoms with van der Waals surface area (Å²) in [7, 11) is 0. The van der Waals surface area contributed by atoms with Gasteiger partial charge in [-0.3, -0.25) is 4.79 Å². The van der Waals surface area contributed by atoms with Gasteiger partial charge in [0.25, 0.3) is 0 Å². The molecule has 30 heavy (non-hydrogen) atoms. The van der Waals surface area contributed by atoms with Crippen molar-refractivity contribution in [3.8, 4) is 0 Å². The normalized spacial score (nSPS) is 42.5. The Balaban J connectivity index is 1.17. The third-order valence-corrected chi connectivity index (χ3v) is 10.2. The fourth-order valence-electron chi connectivity index (χ4n) is 8.51. The Labute approximate surface area is 187 Å². The van der Waals surface area contributed by atoms with Gasteiger partial charge < -0.3 is 0 Å². The molecule has 0 N–H and O–H groups in total. The lowest BCUT2D eigenvalue weighted by Crippen LogP contribution is -2.32. The lowest BCUT2D eigenvalue weighted by atomic mass is 9.68. The fourth-order valence-corrected chi connectivity index (χ4v) is 8.51. The third-order valence-electron chi connectivity index (χ3n) is 10.2. The molecule has 4 rings (SSSR count). The number of hydrogen-bond acceptors (Lipinski definition) is 1. The molecular weight excluding hydrogens is 364 g/mol. The van der Waals surface area contributed by atoms with E-state index in [9.17, 15) is 4.79 Å². The minimum Gasteiger partial charge on any atom is -0.299 e. The van der Waals surface area contributed by atoms with Crippen LogP contribution in [0.25, 0.3) is 0 Å². The molecule has 0 amide bonds. The van der Waals surface area contributed by atoms with Crippen molar-refractivity contribution in [1.82, 2.24) is 0 Å². The Morgan fingerprint density at radius 1 is 0.533 bits per heavy atom. The van der Waals surface area contributed by atoms with Gasteiger partial charge in [-0.1, -0.05) is 52.4 Å². The molecule has 4 aliphatic carbocycles. The highest BCUT2D eigenvalue weighted by molar-refractivity contribution is 5.83. The molecule has 0 aromatic carbocycles. The van der Waals surface area contributed by atoms with Gasteiger partial charge in [-0.25, -0.2) is 0 Å². The second-order valence-electron chi connectivity index (χ2n) is 12.1. The number of hydrogen-bond donors (Lipinski definition) is 0. The van der Waals surface area contributed by atoms with Crippen LogP contribution in [0.4, 0.5) is 0 Å². The summed E-state index contributed by atoms with van der Waals surface area (Å²) in [6, 6.07) is 0. The lowest BCUT2D eigenvalue weighted by Gasteiger charge is -2.36. The van der Waals surface area contributed by atoms with Crippen molar-refractivity contribution >= 4 is 5.78 Å².